The van der Waals surface area contributed by atoms with Gasteiger partial charge < -0.3 is 16.4 Å². The summed E-state index contributed by atoms with van der Waals surface area (Å²) in [5.74, 6) is 0.233. The number of nitrogens with two attached hydrogens (primary N) is 1. The van der Waals surface area contributed by atoms with E-state index < -0.39 is 0 Å². The lowest BCUT2D eigenvalue weighted by Crippen LogP contribution is -2.38. The van der Waals surface area contributed by atoms with E-state index in [1.807, 2.05) is 18.2 Å². The second-order valence-corrected chi connectivity index (χ2v) is 6.11. The van der Waals surface area contributed by atoms with Gasteiger partial charge in [-0.15, -0.1) is 0 Å². The van der Waals surface area contributed by atoms with Gasteiger partial charge in [-0.1, -0.05) is 18.2 Å². The molecule has 1 aliphatic carbocycles. The van der Waals surface area contributed by atoms with E-state index in [1.54, 1.807) is 36.4 Å². The topological polar surface area (TPSA) is 84.2 Å². The maximum absolute atomic E-state index is 12.1. The highest BCUT2D eigenvalue weighted by Gasteiger charge is 2.28. The fourth-order valence-corrected chi connectivity index (χ4v) is 2.50. The number of carbonyl (C=O) groups is 2. The van der Waals surface area contributed by atoms with E-state index in [0.29, 0.717) is 29.3 Å². The SMILES string of the molecule is NC(CNC(=O)c1ccc(NC(=O)c2ccccc2)cc1)C1CC1. The van der Waals surface area contributed by atoms with Crippen molar-refractivity contribution < 1.29 is 9.59 Å². The van der Waals surface area contributed by atoms with Crippen LogP contribution in [0.3, 0.4) is 0 Å². The van der Waals surface area contributed by atoms with E-state index in [1.165, 1.54) is 0 Å². The van der Waals surface area contributed by atoms with Crippen molar-refractivity contribution in [1.82, 2.24) is 5.32 Å². The van der Waals surface area contributed by atoms with Crippen LogP contribution in [0.1, 0.15) is 33.6 Å². The number of rotatable bonds is 6. The Morgan fingerprint density at radius 2 is 1.58 bits per heavy atom. The molecule has 1 fully saturated rings. The van der Waals surface area contributed by atoms with Crippen LogP contribution < -0.4 is 16.4 Å². The highest BCUT2D eigenvalue weighted by atomic mass is 16.2. The molecule has 1 atom stereocenters. The second-order valence-electron chi connectivity index (χ2n) is 6.11. The Bertz CT molecular complexity index is 709. The standard InChI is InChI=1S/C19H21N3O2/c20-17(13-6-7-13)12-21-18(23)15-8-10-16(11-9-15)22-19(24)14-4-2-1-3-5-14/h1-5,8-11,13,17H,6-7,12,20H2,(H,21,23)(H,22,24). The molecule has 0 radical (unpaired) electrons. The van der Waals surface area contributed by atoms with Gasteiger partial charge in [0.2, 0.25) is 0 Å². The molecule has 0 bridgehead atoms. The molecule has 0 saturated heterocycles. The molecule has 2 amide bonds. The smallest absolute Gasteiger partial charge is 0.255 e. The van der Waals surface area contributed by atoms with E-state index in [4.69, 9.17) is 5.73 Å². The lowest BCUT2D eigenvalue weighted by molar-refractivity contribution is 0.0949. The minimum Gasteiger partial charge on any atom is -0.350 e. The van der Waals surface area contributed by atoms with Crippen LogP contribution in [0.5, 0.6) is 0 Å². The molecular formula is C19H21N3O2. The van der Waals surface area contributed by atoms with Crippen LogP contribution in [-0.2, 0) is 0 Å². The number of anilines is 1. The summed E-state index contributed by atoms with van der Waals surface area (Å²) in [6.07, 6.45) is 2.32. The van der Waals surface area contributed by atoms with Crippen molar-refractivity contribution in [2.75, 3.05) is 11.9 Å². The third-order valence-electron chi connectivity index (χ3n) is 4.17. The minimum absolute atomic E-state index is 0.0402. The Kier molecular flexibility index (Phi) is 4.91. The number of benzene rings is 2. The summed E-state index contributed by atoms with van der Waals surface area (Å²) in [6.45, 7) is 0.496. The quantitative estimate of drug-likeness (QED) is 0.763. The van der Waals surface area contributed by atoms with Gasteiger partial charge in [0, 0.05) is 29.4 Å². The Hall–Kier alpha value is -2.66. The van der Waals surface area contributed by atoms with Crippen molar-refractivity contribution >= 4 is 17.5 Å². The molecule has 1 unspecified atom stereocenters. The average molecular weight is 323 g/mol. The van der Waals surface area contributed by atoms with Crippen LogP contribution in [-0.4, -0.2) is 24.4 Å². The summed E-state index contributed by atoms with van der Waals surface area (Å²) in [6, 6.07) is 15.9. The third-order valence-corrected chi connectivity index (χ3v) is 4.17. The number of nitrogens with one attached hydrogen (secondary N) is 2. The van der Waals surface area contributed by atoms with E-state index >= 15 is 0 Å². The predicted octanol–water partition coefficient (Wildman–Crippen LogP) is 2.41. The van der Waals surface area contributed by atoms with Gasteiger partial charge in [-0.3, -0.25) is 9.59 Å². The van der Waals surface area contributed by atoms with Crippen LogP contribution in [0.15, 0.2) is 54.6 Å². The number of carbonyl (C=O) groups excluding carboxylic acids is 2. The molecule has 124 valence electrons. The van der Waals surface area contributed by atoms with E-state index in [0.717, 1.165) is 12.8 Å². The fraction of sp³-hybridized carbons (Fsp3) is 0.263. The van der Waals surface area contributed by atoms with Crippen molar-refractivity contribution in [2.24, 2.45) is 11.7 Å². The van der Waals surface area contributed by atoms with Gasteiger partial charge in [0.15, 0.2) is 0 Å². The fourth-order valence-electron chi connectivity index (χ4n) is 2.50. The van der Waals surface area contributed by atoms with Crippen LogP contribution in [0.2, 0.25) is 0 Å². The molecule has 0 spiro atoms. The molecule has 0 aliphatic heterocycles. The molecule has 2 aromatic carbocycles. The first-order valence-corrected chi connectivity index (χ1v) is 8.14. The molecule has 1 aliphatic rings. The number of hydrogen-bond acceptors (Lipinski definition) is 3. The first kappa shape index (κ1) is 16.2. The third kappa shape index (κ3) is 4.20. The Morgan fingerprint density at radius 1 is 0.958 bits per heavy atom. The van der Waals surface area contributed by atoms with Gasteiger partial charge in [-0.05, 0) is 55.2 Å². The van der Waals surface area contributed by atoms with Crippen molar-refractivity contribution in [3.05, 3.63) is 65.7 Å². The van der Waals surface area contributed by atoms with E-state index in [2.05, 4.69) is 10.6 Å². The molecule has 1 saturated carbocycles. The minimum atomic E-state index is -0.178. The van der Waals surface area contributed by atoms with Crippen LogP contribution in [0, 0.1) is 5.92 Å². The molecule has 2 aromatic rings. The summed E-state index contributed by atoms with van der Waals surface area (Å²) < 4.78 is 0. The molecule has 4 N–H and O–H groups in total. The molecule has 24 heavy (non-hydrogen) atoms. The van der Waals surface area contributed by atoms with Crippen molar-refractivity contribution in [3.8, 4) is 0 Å². The van der Waals surface area contributed by atoms with Crippen LogP contribution in [0.4, 0.5) is 5.69 Å². The van der Waals surface area contributed by atoms with E-state index in [-0.39, 0.29) is 17.9 Å². The zero-order chi connectivity index (χ0) is 16.9. The van der Waals surface area contributed by atoms with Crippen LogP contribution in [0.25, 0.3) is 0 Å². The van der Waals surface area contributed by atoms with Gasteiger partial charge in [-0.2, -0.15) is 0 Å². The highest BCUT2D eigenvalue weighted by molar-refractivity contribution is 6.04. The van der Waals surface area contributed by atoms with Gasteiger partial charge in [0.1, 0.15) is 0 Å². The van der Waals surface area contributed by atoms with Crippen molar-refractivity contribution in [2.45, 2.75) is 18.9 Å². The molecular weight excluding hydrogens is 302 g/mol. The molecule has 0 aromatic heterocycles. The lowest BCUT2D eigenvalue weighted by Gasteiger charge is -2.12. The zero-order valence-corrected chi connectivity index (χ0v) is 13.4. The largest absolute Gasteiger partial charge is 0.350 e. The van der Waals surface area contributed by atoms with Crippen molar-refractivity contribution in [1.29, 1.82) is 0 Å². The summed E-state index contributed by atoms with van der Waals surface area (Å²) >= 11 is 0. The Balaban J connectivity index is 1.54. The second kappa shape index (κ2) is 7.27. The molecule has 3 rings (SSSR count). The number of amides is 2. The normalized spacial score (nSPS) is 14.7. The summed E-state index contributed by atoms with van der Waals surface area (Å²) in [7, 11) is 0. The van der Waals surface area contributed by atoms with E-state index in [9.17, 15) is 9.59 Å². The highest BCUT2D eigenvalue weighted by Crippen LogP contribution is 2.31. The Labute approximate surface area is 141 Å². The summed E-state index contributed by atoms with van der Waals surface area (Å²) in [5, 5.41) is 5.66. The number of hydrogen-bond donors (Lipinski definition) is 3. The van der Waals surface area contributed by atoms with Gasteiger partial charge in [0.05, 0.1) is 0 Å². The van der Waals surface area contributed by atoms with Gasteiger partial charge >= 0.3 is 0 Å². The first-order valence-electron chi connectivity index (χ1n) is 8.14. The van der Waals surface area contributed by atoms with Gasteiger partial charge in [0.25, 0.3) is 11.8 Å². The first-order chi connectivity index (χ1) is 11.6. The van der Waals surface area contributed by atoms with Gasteiger partial charge in [-0.25, -0.2) is 0 Å². The molecule has 5 nitrogen and oxygen atoms in total. The molecule has 5 heteroatoms. The average Bonchev–Trinajstić information content (AvgIpc) is 3.46. The molecule has 0 heterocycles. The zero-order valence-electron chi connectivity index (χ0n) is 13.4. The summed E-state index contributed by atoms with van der Waals surface area (Å²) in [5.41, 5.74) is 7.77. The lowest BCUT2D eigenvalue weighted by atomic mass is 10.1. The van der Waals surface area contributed by atoms with Crippen LogP contribution >= 0.6 is 0 Å². The monoisotopic (exact) mass is 323 g/mol. The summed E-state index contributed by atoms with van der Waals surface area (Å²) in [4.78, 5) is 24.2. The maximum Gasteiger partial charge on any atom is 0.255 e. The Morgan fingerprint density at radius 3 is 2.21 bits per heavy atom. The maximum atomic E-state index is 12.1. The predicted molar refractivity (Wildman–Crippen MR) is 93.9 cm³/mol. The van der Waals surface area contributed by atoms with Crippen molar-refractivity contribution in [3.63, 3.8) is 0 Å².